The highest BCUT2D eigenvalue weighted by atomic mass is 35.5. The third kappa shape index (κ3) is 5.63. The molecule has 0 saturated carbocycles. The first-order valence-corrected chi connectivity index (χ1v) is 11.6. The molecule has 1 aromatic heterocycles. The van der Waals surface area contributed by atoms with Crippen molar-refractivity contribution in [3.63, 3.8) is 0 Å². The van der Waals surface area contributed by atoms with E-state index in [0.717, 1.165) is 20.9 Å². The predicted octanol–water partition coefficient (Wildman–Crippen LogP) is 6.31. The molecule has 4 nitrogen and oxygen atoms in total. The summed E-state index contributed by atoms with van der Waals surface area (Å²) in [6.45, 7) is 0.952. The van der Waals surface area contributed by atoms with E-state index < -0.39 is 10.8 Å². The molecule has 158 valence electrons. The minimum absolute atomic E-state index is 0.280. The molecule has 3 aromatic carbocycles. The molecule has 0 spiro atoms. The molecule has 1 heterocycles. The van der Waals surface area contributed by atoms with Crippen LogP contribution in [0.5, 0.6) is 0 Å². The summed E-state index contributed by atoms with van der Waals surface area (Å²) in [4.78, 5) is 5.64. The summed E-state index contributed by atoms with van der Waals surface area (Å²) in [5.74, 6) is 0. The lowest BCUT2D eigenvalue weighted by Gasteiger charge is -2.20. The number of halogens is 2. The molecule has 0 fully saturated rings. The van der Waals surface area contributed by atoms with Gasteiger partial charge < -0.3 is 9.30 Å². The van der Waals surface area contributed by atoms with E-state index in [4.69, 9.17) is 27.9 Å². The van der Waals surface area contributed by atoms with Crippen LogP contribution in [0.3, 0.4) is 0 Å². The molecule has 0 radical (unpaired) electrons. The van der Waals surface area contributed by atoms with Crippen LogP contribution >= 0.6 is 23.2 Å². The quantitative estimate of drug-likeness (QED) is 0.302. The Balaban J connectivity index is 1.48. The van der Waals surface area contributed by atoms with Crippen LogP contribution in [-0.4, -0.2) is 13.8 Å². The van der Waals surface area contributed by atoms with Crippen LogP contribution in [0.1, 0.15) is 17.2 Å². The van der Waals surface area contributed by atoms with E-state index in [1.54, 1.807) is 24.7 Å². The normalized spacial score (nSPS) is 13.1. The molecular formula is C24H20Cl2N2O2S. The minimum Gasteiger partial charge on any atom is -0.367 e. The molecule has 7 heteroatoms. The van der Waals surface area contributed by atoms with Gasteiger partial charge in [0.15, 0.2) is 0 Å². The van der Waals surface area contributed by atoms with Crippen molar-refractivity contribution >= 4 is 34.0 Å². The van der Waals surface area contributed by atoms with Gasteiger partial charge in [0, 0.05) is 37.8 Å². The molecule has 0 aliphatic rings. The van der Waals surface area contributed by atoms with Gasteiger partial charge in [-0.25, -0.2) is 9.19 Å². The fraction of sp³-hybridized carbons (Fsp3) is 0.125. The molecule has 0 aliphatic heterocycles. The van der Waals surface area contributed by atoms with Gasteiger partial charge in [-0.15, -0.1) is 0 Å². The van der Waals surface area contributed by atoms with E-state index in [0.29, 0.717) is 23.2 Å². The highest BCUT2D eigenvalue weighted by Gasteiger charge is 2.17. The second-order valence-corrected chi connectivity index (χ2v) is 9.27. The molecule has 4 aromatic rings. The highest BCUT2D eigenvalue weighted by Crippen LogP contribution is 2.30. The van der Waals surface area contributed by atoms with Gasteiger partial charge in [-0.2, -0.15) is 0 Å². The number of aromatic nitrogens is 2. The molecule has 0 saturated heterocycles. The van der Waals surface area contributed by atoms with E-state index >= 15 is 0 Å². The molecule has 0 N–H and O–H groups in total. The van der Waals surface area contributed by atoms with Gasteiger partial charge in [0.1, 0.15) is 6.10 Å². The summed E-state index contributed by atoms with van der Waals surface area (Å²) in [5.41, 5.74) is 1.84. The number of hydrogen-bond acceptors (Lipinski definition) is 3. The molecule has 0 bridgehead atoms. The monoisotopic (exact) mass is 470 g/mol. The largest absolute Gasteiger partial charge is 0.367 e. The Morgan fingerprint density at radius 2 is 1.71 bits per heavy atom. The Bertz CT molecular complexity index is 1150. The first-order valence-electron chi connectivity index (χ1n) is 9.68. The molecule has 0 amide bonds. The summed E-state index contributed by atoms with van der Waals surface area (Å²) in [6, 6.07) is 22.5. The van der Waals surface area contributed by atoms with Crippen LogP contribution < -0.4 is 0 Å². The van der Waals surface area contributed by atoms with E-state index in [1.165, 1.54) is 0 Å². The third-order valence-corrected chi connectivity index (χ3v) is 6.75. The van der Waals surface area contributed by atoms with E-state index in [2.05, 4.69) is 4.98 Å². The van der Waals surface area contributed by atoms with Crippen molar-refractivity contribution in [1.82, 2.24) is 9.55 Å². The first kappa shape index (κ1) is 21.8. The van der Waals surface area contributed by atoms with Gasteiger partial charge in [0.2, 0.25) is 0 Å². The predicted molar refractivity (Wildman–Crippen MR) is 124 cm³/mol. The second kappa shape index (κ2) is 10.2. The van der Waals surface area contributed by atoms with Crippen LogP contribution in [0, 0.1) is 0 Å². The van der Waals surface area contributed by atoms with Gasteiger partial charge in [0.25, 0.3) is 0 Å². The summed E-state index contributed by atoms with van der Waals surface area (Å²) < 4.78 is 20.9. The van der Waals surface area contributed by atoms with Crippen molar-refractivity contribution in [1.29, 1.82) is 0 Å². The average molecular weight is 471 g/mol. The number of imidazole rings is 1. The fourth-order valence-electron chi connectivity index (χ4n) is 3.18. The zero-order valence-corrected chi connectivity index (χ0v) is 18.9. The smallest absolute Gasteiger partial charge is 0.102 e. The molecular weight excluding hydrogens is 451 g/mol. The standard InChI is InChI=1S/C24H20Cl2N2O2S/c25-19-8-11-22(23(26)14-19)24(15-28-13-12-27-17-28)30-16-18-6-9-21(10-7-18)31(29)20-4-2-1-3-5-20/h1-14,17,24H,15-16H2/t24-,31+/m0/s1. The molecule has 31 heavy (non-hydrogen) atoms. The SMILES string of the molecule is O=[S@](c1ccccc1)c1ccc(CO[C@@H](Cn2ccnc2)c2ccc(Cl)cc2Cl)cc1. The average Bonchev–Trinajstić information content (AvgIpc) is 3.31. The number of nitrogens with zero attached hydrogens (tertiary/aromatic N) is 2. The van der Waals surface area contributed by atoms with E-state index in [-0.39, 0.29) is 6.10 Å². The number of benzene rings is 3. The lowest BCUT2D eigenvalue weighted by Crippen LogP contribution is -2.12. The number of hydrogen-bond donors (Lipinski definition) is 0. The summed E-state index contributed by atoms with van der Waals surface area (Å²) in [6.07, 6.45) is 5.07. The van der Waals surface area contributed by atoms with Crippen LogP contribution in [-0.2, 0) is 28.7 Å². The maximum atomic E-state index is 12.7. The topological polar surface area (TPSA) is 44.1 Å². The summed E-state index contributed by atoms with van der Waals surface area (Å²) >= 11 is 12.5. The maximum Gasteiger partial charge on any atom is 0.102 e. The molecule has 4 rings (SSSR count). The zero-order chi connectivity index (χ0) is 21.6. The Hall–Kier alpha value is -2.44. The fourth-order valence-corrected chi connectivity index (χ4v) is 4.77. The first-order chi connectivity index (χ1) is 15.1. The van der Waals surface area contributed by atoms with Crippen molar-refractivity contribution in [3.8, 4) is 0 Å². The number of ether oxygens (including phenoxy) is 1. The lowest BCUT2D eigenvalue weighted by molar-refractivity contribution is 0.0280. The highest BCUT2D eigenvalue weighted by molar-refractivity contribution is 7.85. The van der Waals surface area contributed by atoms with Crippen molar-refractivity contribution in [3.05, 3.63) is 113 Å². The van der Waals surface area contributed by atoms with Crippen LogP contribution in [0.2, 0.25) is 10.0 Å². The zero-order valence-electron chi connectivity index (χ0n) is 16.5. The molecule has 0 aliphatic carbocycles. The van der Waals surface area contributed by atoms with Gasteiger partial charge in [-0.05, 0) is 42.0 Å². The maximum absolute atomic E-state index is 12.7. The third-order valence-electron chi connectivity index (χ3n) is 4.79. The molecule has 2 atom stereocenters. The van der Waals surface area contributed by atoms with Gasteiger partial charge >= 0.3 is 0 Å². The van der Waals surface area contributed by atoms with Crippen LogP contribution in [0.4, 0.5) is 0 Å². The van der Waals surface area contributed by atoms with E-state index in [9.17, 15) is 4.21 Å². The van der Waals surface area contributed by atoms with E-state index in [1.807, 2.05) is 71.4 Å². The van der Waals surface area contributed by atoms with Gasteiger partial charge in [0.05, 0.1) is 30.3 Å². The van der Waals surface area contributed by atoms with Crippen molar-refractivity contribution in [2.24, 2.45) is 0 Å². The Kier molecular flexibility index (Phi) is 7.20. The Morgan fingerprint density at radius 1 is 0.968 bits per heavy atom. The molecule has 0 unspecified atom stereocenters. The van der Waals surface area contributed by atoms with Crippen molar-refractivity contribution in [2.75, 3.05) is 0 Å². The van der Waals surface area contributed by atoms with Crippen LogP contribution in [0.25, 0.3) is 0 Å². The van der Waals surface area contributed by atoms with Crippen molar-refractivity contribution in [2.45, 2.75) is 29.0 Å². The summed E-state index contributed by atoms with van der Waals surface area (Å²) in [7, 11) is -1.21. The Morgan fingerprint density at radius 3 is 2.39 bits per heavy atom. The lowest BCUT2D eigenvalue weighted by atomic mass is 10.1. The number of rotatable bonds is 8. The van der Waals surface area contributed by atoms with Crippen molar-refractivity contribution < 1.29 is 8.95 Å². The summed E-state index contributed by atoms with van der Waals surface area (Å²) in [5, 5.41) is 1.14. The second-order valence-electron chi connectivity index (χ2n) is 6.95. The minimum atomic E-state index is -1.21. The van der Waals surface area contributed by atoms with Gasteiger partial charge in [-0.3, -0.25) is 0 Å². The van der Waals surface area contributed by atoms with Gasteiger partial charge in [-0.1, -0.05) is 59.6 Å². The van der Waals surface area contributed by atoms with Crippen LogP contribution in [0.15, 0.2) is 101 Å². The Labute approximate surface area is 193 Å².